The van der Waals surface area contributed by atoms with Crippen LogP contribution in [0.3, 0.4) is 0 Å². The summed E-state index contributed by atoms with van der Waals surface area (Å²) in [5, 5.41) is 7.76. The van der Waals surface area contributed by atoms with Crippen LogP contribution in [0.25, 0.3) is 0 Å². The van der Waals surface area contributed by atoms with Gasteiger partial charge in [-0.2, -0.15) is 0 Å². The average molecular weight is 339 g/mol. The van der Waals surface area contributed by atoms with Gasteiger partial charge in [0.25, 0.3) is 0 Å². The topological polar surface area (TPSA) is 24.1 Å². The van der Waals surface area contributed by atoms with E-state index in [0.717, 1.165) is 18.5 Å². The predicted molar refractivity (Wildman–Crippen MR) is 107 cm³/mol. The van der Waals surface area contributed by atoms with Crippen molar-refractivity contribution in [1.29, 1.82) is 0 Å². The number of nitrogens with one attached hydrogen (secondary N) is 2. The van der Waals surface area contributed by atoms with Crippen LogP contribution in [0.4, 0.5) is 5.69 Å². The van der Waals surface area contributed by atoms with Gasteiger partial charge in [-0.1, -0.05) is 54.8 Å². The van der Waals surface area contributed by atoms with E-state index in [9.17, 15) is 0 Å². The first-order valence-corrected chi connectivity index (χ1v) is 9.13. The molecule has 2 N–H and O–H groups in total. The lowest BCUT2D eigenvalue weighted by Crippen LogP contribution is -2.45. The summed E-state index contributed by atoms with van der Waals surface area (Å²) in [6, 6.07) is 15.3. The Morgan fingerprint density at radius 1 is 0.917 bits per heavy atom. The third-order valence-corrected chi connectivity index (χ3v) is 5.26. The molecule has 0 bridgehead atoms. The highest BCUT2D eigenvalue weighted by atomic mass is 32.1. The van der Waals surface area contributed by atoms with Crippen LogP contribution in [0.1, 0.15) is 47.9 Å². The van der Waals surface area contributed by atoms with Gasteiger partial charge in [-0.25, -0.2) is 0 Å². The molecular formula is C21H26N2S. The Morgan fingerprint density at radius 3 is 2.21 bits per heavy atom. The Labute approximate surface area is 150 Å². The van der Waals surface area contributed by atoms with Crippen LogP contribution in [-0.2, 0) is 5.54 Å². The number of benzene rings is 2. The van der Waals surface area contributed by atoms with E-state index in [1.807, 2.05) is 0 Å². The Balaban J connectivity index is 1.79. The molecule has 0 saturated heterocycles. The van der Waals surface area contributed by atoms with E-state index in [4.69, 9.17) is 12.2 Å². The summed E-state index contributed by atoms with van der Waals surface area (Å²) in [4.78, 5) is 0. The maximum Gasteiger partial charge on any atom is 0.171 e. The van der Waals surface area contributed by atoms with Gasteiger partial charge in [0, 0.05) is 5.69 Å². The molecule has 0 aliphatic heterocycles. The molecule has 2 aromatic rings. The Morgan fingerprint density at radius 2 is 1.54 bits per heavy atom. The molecule has 0 amide bonds. The molecule has 1 aliphatic rings. The Hall–Kier alpha value is -1.87. The van der Waals surface area contributed by atoms with Gasteiger partial charge in [0.05, 0.1) is 5.54 Å². The van der Waals surface area contributed by atoms with Crippen LogP contribution >= 0.6 is 12.2 Å². The quantitative estimate of drug-likeness (QED) is 0.736. The Kier molecular flexibility index (Phi) is 4.91. The zero-order valence-corrected chi connectivity index (χ0v) is 15.6. The molecule has 0 unspecified atom stereocenters. The van der Waals surface area contributed by atoms with Crippen LogP contribution < -0.4 is 10.6 Å². The minimum Gasteiger partial charge on any atom is -0.353 e. The summed E-state index contributed by atoms with van der Waals surface area (Å²) >= 11 is 5.65. The highest BCUT2D eigenvalue weighted by Gasteiger charge is 2.36. The maximum absolute atomic E-state index is 5.65. The summed E-state index contributed by atoms with van der Waals surface area (Å²) in [6.45, 7) is 6.34. The zero-order valence-electron chi connectivity index (χ0n) is 14.8. The van der Waals surface area contributed by atoms with E-state index < -0.39 is 0 Å². The van der Waals surface area contributed by atoms with Gasteiger partial charge in [-0.3, -0.25) is 0 Å². The molecule has 0 heterocycles. The maximum atomic E-state index is 5.65. The zero-order chi connectivity index (χ0) is 17.2. The summed E-state index contributed by atoms with van der Waals surface area (Å²) in [5.74, 6) is 0. The molecule has 1 aliphatic carbocycles. The molecule has 24 heavy (non-hydrogen) atoms. The third-order valence-electron chi connectivity index (χ3n) is 5.06. The van der Waals surface area contributed by atoms with E-state index in [1.54, 1.807) is 0 Å². The predicted octanol–water partition coefficient (Wildman–Crippen LogP) is 5.37. The van der Waals surface area contributed by atoms with Crippen LogP contribution in [0.15, 0.2) is 42.5 Å². The first-order chi connectivity index (χ1) is 11.5. The highest BCUT2D eigenvalue weighted by Crippen LogP contribution is 2.39. The van der Waals surface area contributed by atoms with E-state index in [0.29, 0.717) is 5.11 Å². The normalized spacial score (nSPS) is 16.0. The fourth-order valence-corrected chi connectivity index (χ4v) is 3.88. The minimum absolute atomic E-state index is 0.0322. The fourth-order valence-electron chi connectivity index (χ4n) is 3.58. The number of hydrogen-bond acceptors (Lipinski definition) is 1. The van der Waals surface area contributed by atoms with Gasteiger partial charge in [-0.05, 0) is 68.6 Å². The lowest BCUT2D eigenvalue weighted by Gasteiger charge is -2.33. The number of thiocarbonyl (C=S) groups is 1. The standard InChI is InChI=1S/C21H26N2S/c1-15-7-10-18(11-8-15)21(12-4-5-13-21)23-20(24)22-19-14-16(2)6-9-17(19)3/h6-11,14H,4-5,12-13H2,1-3H3,(H2,22,23,24). The van der Waals surface area contributed by atoms with Crippen molar-refractivity contribution in [3.8, 4) is 0 Å². The number of aryl methyl sites for hydroxylation is 3. The minimum atomic E-state index is -0.0322. The van der Waals surface area contributed by atoms with E-state index in [-0.39, 0.29) is 5.54 Å². The van der Waals surface area contributed by atoms with Crippen molar-refractivity contribution in [2.24, 2.45) is 0 Å². The van der Waals surface area contributed by atoms with Gasteiger partial charge < -0.3 is 10.6 Å². The van der Waals surface area contributed by atoms with E-state index in [2.05, 4.69) is 73.9 Å². The van der Waals surface area contributed by atoms with Crippen molar-refractivity contribution < 1.29 is 0 Å². The van der Waals surface area contributed by atoms with Gasteiger partial charge >= 0.3 is 0 Å². The first-order valence-electron chi connectivity index (χ1n) is 8.72. The van der Waals surface area contributed by atoms with Crippen LogP contribution in [0.2, 0.25) is 0 Å². The lowest BCUT2D eigenvalue weighted by molar-refractivity contribution is 0.408. The molecule has 0 radical (unpaired) electrons. The van der Waals surface area contributed by atoms with Gasteiger partial charge in [-0.15, -0.1) is 0 Å². The molecule has 1 fully saturated rings. The van der Waals surface area contributed by atoms with Crippen molar-refractivity contribution in [3.05, 3.63) is 64.7 Å². The monoisotopic (exact) mass is 338 g/mol. The van der Waals surface area contributed by atoms with Crippen molar-refractivity contribution in [1.82, 2.24) is 5.32 Å². The third kappa shape index (κ3) is 3.62. The number of anilines is 1. The molecule has 2 aromatic carbocycles. The summed E-state index contributed by atoms with van der Waals surface area (Å²) in [5.41, 5.74) is 6.14. The smallest absolute Gasteiger partial charge is 0.171 e. The molecule has 1 saturated carbocycles. The molecule has 2 nitrogen and oxygen atoms in total. The molecule has 0 atom stereocenters. The second-order valence-corrected chi connectivity index (χ2v) is 7.46. The highest BCUT2D eigenvalue weighted by molar-refractivity contribution is 7.80. The van der Waals surface area contributed by atoms with Crippen molar-refractivity contribution in [2.75, 3.05) is 5.32 Å². The second-order valence-electron chi connectivity index (χ2n) is 7.05. The largest absolute Gasteiger partial charge is 0.353 e. The molecule has 0 aromatic heterocycles. The Bertz CT molecular complexity index is 728. The van der Waals surface area contributed by atoms with Gasteiger partial charge in [0.15, 0.2) is 5.11 Å². The molecule has 3 heteroatoms. The van der Waals surface area contributed by atoms with Gasteiger partial charge in [0.1, 0.15) is 0 Å². The average Bonchev–Trinajstić information content (AvgIpc) is 3.01. The van der Waals surface area contributed by atoms with Crippen LogP contribution in [0, 0.1) is 20.8 Å². The SMILES string of the molecule is Cc1ccc(C2(NC(=S)Nc3cc(C)ccc3C)CCCC2)cc1. The first kappa shape index (κ1) is 17.0. The molecule has 3 rings (SSSR count). The molecular weight excluding hydrogens is 312 g/mol. The number of hydrogen-bond donors (Lipinski definition) is 2. The molecule has 0 spiro atoms. The van der Waals surface area contributed by atoms with Gasteiger partial charge in [0.2, 0.25) is 0 Å². The fraction of sp³-hybridized carbons (Fsp3) is 0.381. The summed E-state index contributed by atoms with van der Waals surface area (Å²) in [6.07, 6.45) is 4.75. The molecule has 126 valence electrons. The lowest BCUT2D eigenvalue weighted by atomic mass is 9.88. The number of rotatable bonds is 3. The van der Waals surface area contributed by atoms with Crippen LogP contribution in [-0.4, -0.2) is 5.11 Å². The second kappa shape index (κ2) is 6.94. The summed E-state index contributed by atoms with van der Waals surface area (Å²) < 4.78 is 0. The van der Waals surface area contributed by atoms with Crippen molar-refractivity contribution in [2.45, 2.75) is 52.0 Å². The van der Waals surface area contributed by atoms with Crippen molar-refractivity contribution in [3.63, 3.8) is 0 Å². The van der Waals surface area contributed by atoms with E-state index in [1.165, 1.54) is 35.1 Å². The summed E-state index contributed by atoms with van der Waals surface area (Å²) in [7, 11) is 0. The van der Waals surface area contributed by atoms with Crippen LogP contribution in [0.5, 0.6) is 0 Å². The van der Waals surface area contributed by atoms with Crippen molar-refractivity contribution >= 4 is 23.0 Å². The van der Waals surface area contributed by atoms with E-state index >= 15 is 0 Å².